The Kier molecular flexibility index (Phi) is 6.57. The van der Waals surface area contributed by atoms with Crippen LogP contribution in [0.15, 0.2) is 53.3 Å². The van der Waals surface area contributed by atoms with E-state index in [0.717, 1.165) is 16.9 Å². The molecule has 2 heterocycles. The number of halogens is 2. The summed E-state index contributed by atoms with van der Waals surface area (Å²) in [5.41, 5.74) is 1.35. The van der Waals surface area contributed by atoms with Crippen molar-refractivity contribution < 1.29 is 18.7 Å². The van der Waals surface area contributed by atoms with Crippen LogP contribution < -0.4 is 10.3 Å². The number of hydrogen-bond donors (Lipinski definition) is 1. The van der Waals surface area contributed by atoms with E-state index >= 15 is 0 Å². The maximum Gasteiger partial charge on any atom is 0.348 e. The molecule has 0 aliphatic rings. The Morgan fingerprint density at radius 1 is 1.21 bits per heavy atom. The highest BCUT2D eigenvalue weighted by molar-refractivity contribution is 7.20. The average molecular weight is 485 g/mol. The van der Waals surface area contributed by atoms with Crippen molar-refractivity contribution in [2.75, 3.05) is 7.11 Å². The maximum absolute atomic E-state index is 13.7. The lowest BCUT2D eigenvalue weighted by Gasteiger charge is -2.07. The molecule has 0 aliphatic carbocycles. The summed E-state index contributed by atoms with van der Waals surface area (Å²) in [7, 11) is 1.28. The molecule has 0 saturated heterocycles. The number of methoxy groups -OCH3 is 1. The third-order valence-corrected chi connectivity index (χ3v) is 6.38. The van der Waals surface area contributed by atoms with Gasteiger partial charge in [-0.3, -0.25) is 4.79 Å². The van der Waals surface area contributed by atoms with Crippen LogP contribution in [0.4, 0.5) is 4.39 Å². The molecular weight excluding hydrogens is 467 g/mol. The second-order valence-electron chi connectivity index (χ2n) is 7.08. The van der Waals surface area contributed by atoms with Crippen LogP contribution in [0, 0.1) is 12.7 Å². The number of benzene rings is 2. The Morgan fingerprint density at radius 3 is 2.64 bits per heavy atom. The van der Waals surface area contributed by atoms with Crippen molar-refractivity contribution in [3.8, 4) is 5.75 Å². The van der Waals surface area contributed by atoms with E-state index in [9.17, 15) is 14.0 Å². The number of carbonyl (C=O) groups excluding carboxylic acids is 1. The lowest BCUT2D eigenvalue weighted by atomic mass is 10.2. The molecule has 0 spiro atoms. The van der Waals surface area contributed by atoms with Gasteiger partial charge in [-0.15, -0.1) is 11.3 Å². The molecular formula is C24H18ClFN2O4S. The highest BCUT2D eigenvalue weighted by Crippen LogP contribution is 2.29. The Morgan fingerprint density at radius 2 is 1.94 bits per heavy atom. The number of thiophene rings is 1. The van der Waals surface area contributed by atoms with E-state index in [4.69, 9.17) is 21.1 Å². The van der Waals surface area contributed by atoms with Crippen LogP contribution in [-0.2, 0) is 11.3 Å². The minimum Gasteiger partial charge on any atom is -0.489 e. The zero-order valence-corrected chi connectivity index (χ0v) is 19.2. The molecule has 2 aromatic carbocycles. The molecule has 6 nitrogen and oxygen atoms in total. The number of fused-ring (bicyclic) bond motifs is 1. The highest BCUT2D eigenvalue weighted by Gasteiger charge is 2.20. The molecule has 0 amide bonds. The monoisotopic (exact) mass is 484 g/mol. The van der Waals surface area contributed by atoms with Gasteiger partial charge in [0.25, 0.3) is 5.56 Å². The summed E-state index contributed by atoms with van der Waals surface area (Å²) < 4.78 is 24.1. The fourth-order valence-corrected chi connectivity index (χ4v) is 4.51. The van der Waals surface area contributed by atoms with Gasteiger partial charge < -0.3 is 14.5 Å². The van der Waals surface area contributed by atoms with Crippen LogP contribution in [0.25, 0.3) is 21.3 Å². The van der Waals surface area contributed by atoms with Gasteiger partial charge >= 0.3 is 5.97 Å². The van der Waals surface area contributed by atoms with Crippen LogP contribution >= 0.6 is 22.9 Å². The standard InChI is InChI=1S/C24H18ClFN2O4S/c1-13-19-22(29)27-21(28-23(19)33-20(13)24(30)31-2)17(25)11-14-7-9-16(10-8-14)32-12-15-5-3-4-6-18(15)26/h3-11H,12H2,1-2H3,(H,27,28,29)/b17-11-. The van der Waals surface area contributed by atoms with E-state index in [1.54, 1.807) is 55.5 Å². The first kappa shape index (κ1) is 22.7. The second-order valence-corrected chi connectivity index (χ2v) is 8.49. The molecule has 4 aromatic rings. The van der Waals surface area contributed by atoms with Crippen LogP contribution in [0.1, 0.15) is 32.2 Å². The van der Waals surface area contributed by atoms with E-state index < -0.39 is 5.97 Å². The molecule has 0 fully saturated rings. The summed E-state index contributed by atoms with van der Waals surface area (Å²) in [6.45, 7) is 1.79. The lowest BCUT2D eigenvalue weighted by Crippen LogP contribution is -2.10. The van der Waals surface area contributed by atoms with E-state index in [-0.39, 0.29) is 28.8 Å². The molecule has 4 rings (SSSR count). The first-order valence-corrected chi connectivity index (χ1v) is 11.0. The smallest absolute Gasteiger partial charge is 0.348 e. The number of hydrogen-bond acceptors (Lipinski definition) is 6. The molecule has 0 saturated carbocycles. The van der Waals surface area contributed by atoms with Crippen molar-refractivity contribution in [3.05, 3.63) is 92.1 Å². The SMILES string of the molecule is COC(=O)c1sc2nc(/C(Cl)=C/c3ccc(OCc4ccccc4F)cc3)[nH]c(=O)c2c1C. The number of aryl methyl sites for hydroxylation is 1. The average Bonchev–Trinajstić information content (AvgIpc) is 3.15. The minimum absolute atomic E-state index is 0.113. The predicted molar refractivity (Wildman–Crippen MR) is 127 cm³/mol. The van der Waals surface area contributed by atoms with Crippen LogP contribution in [0.2, 0.25) is 0 Å². The molecule has 0 unspecified atom stereocenters. The fraction of sp³-hybridized carbons (Fsp3) is 0.125. The van der Waals surface area contributed by atoms with Gasteiger partial charge in [-0.2, -0.15) is 0 Å². The Bertz CT molecular complexity index is 1430. The summed E-state index contributed by atoms with van der Waals surface area (Å²) in [5, 5.41) is 0.560. The molecule has 2 aromatic heterocycles. The van der Waals surface area contributed by atoms with Gasteiger partial charge in [0, 0.05) is 5.56 Å². The Balaban J connectivity index is 1.55. The van der Waals surface area contributed by atoms with Crippen LogP contribution in [-0.4, -0.2) is 23.0 Å². The molecule has 0 bridgehead atoms. The molecule has 0 atom stereocenters. The van der Waals surface area contributed by atoms with E-state index in [0.29, 0.717) is 32.0 Å². The van der Waals surface area contributed by atoms with Gasteiger partial charge in [-0.25, -0.2) is 14.2 Å². The lowest BCUT2D eigenvalue weighted by molar-refractivity contribution is 0.0605. The largest absolute Gasteiger partial charge is 0.489 e. The van der Waals surface area contributed by atoms with Crippen molar-refractivity contribution in [1.29, 1.82) is 0 Å². The van der Waals surface area contributed by atoms with Crippen molar-refractivity contribution >= 4 is 50.2 Å². The first-order valence-electron chi connectivity index (χ1n) is 9.83. The van der Waals surface area contributed by atoms with Crippen molar-refractivity contribution in [3.63, 3.8) is 0 Å². The zero-order chi connectivity index (χ0) is 23.5. The fourth-order valence-electron chi connectivity index (χ4n) is 3.20. The molecule has 168 valence electrons. The Hall–Kier alpha value is -3.49. The molecule has 0 radical (unpaired) electrons. The predicted octanol–water partition coefficient (Wildman–Crippen LogP) is 5.53. The summed E-state index contributed by atoms with van der Waals surface area (Å²) in [5.74, 6) is -0.0760. The van der Waals surface area contributed by atoms with Crippen molar-refractivity contribution in [2.45, 2.75) is 13.5 Å². The number of nitrogens with one attached hydrogen (secondary N) is 1. The van der Waals surface area contributed by atoms with E-state index in [1.165, 1.54) is 13.2 Å². The number of carbonyl (C=O) groups is 1. The number of ether oxygens (including phenoxy) is 2. The van der Waals surface area contributed by atoms with Crippen molar-refractivity contribution in [1.82, 2.24) is 9.97 Å². The number of aromatic amines is 1. The van der Waals surface area contributed by atoms with Gasteiger partial charge in [-0.1, -0.05) is 41.9 Å². The third-order valence-electron chi connectivity index (χ3n) is 4.92. The number of rotatable bonds is 6. The van der Waals surface area contributed by atoms with E-state index in [2.05, 4.69) is 9.97 Å². The molecule has 1 N–H and O–H groups in total. The Labute approximate surface area is 197 Å². The molecule has 0 aliphatic heterocycles. The number of nitrogens with zero attached hydrogens (tertiary/aromatic N) is 1. The van der Waals surface area contributed by atoms with Gasteiger partial charge in [-0.05, 0) is 42.3 Å². The topological polar surface area (TPSA) is 81.3 Å². The summed E-state index contributed by atoms with van der Waals surface area (Å²) in [6.07, 6.45) is 1.65. The van der Waals surface area contributed by atoms with Gasteiger partial charge in [0.2, 0.25) is 0 Å². The molecule has 9 heteroatoms. The van der Waals surface area contributed by atoms with Gasteiger partial charge in [0.05, 0.1) is 17.5 Å². The molecule has 33 heavy (non-hydrogen) atoms. The summed E-state index contributed by atoms with van der Waals surface area (Å²) >= 11 is 7.50. The quantitative estimate of drug-likeness (QED) is 0.364. The number of H-pyrrole nitrogens is 1. The number of esters is 1. The number of aromatic nitrogens is 2. The first-order chi connectivity index (χ1) is 15.9. The highest BCUT2D eigenvalue weighted by atomic mass is 35.5. The summed E-state index contributed by atoms with van der Waals surface area (Å²) in [6, 6.07) is 13.5. The van der Waals surface area contributed by atoms with Gasteiger partial charge in [0.15, 0.2) is 5.82 Å². The third kappa shape index (κ3) is 4.81. The van der Waals surface area contributed by atoms with Crippen molar-refractivity contribution in [2.24, 2.45) is 0 Å². The van der Waals surface area contributed by atoms with Gasteiger partial charge in [0.1, 0.15) is 27.9 Å². The van der Waals surface area contributed by atoms with Crippen LogP contribution in [0.3, 0.4) is 0 Å². The normalized spacial score (nSPS) is 11.6. The van der Waals surface area contributed by atoms with E-state index in [1.807, 2.05) is 0 Å². The van der Waals surface area contributed by atoms with Crippen LogP contribution in [0.5, 0.6) is 5.75 Å². The minimum atomic E-state index is -0.518. The summed E-state index contributed by atoms with van der Waals surface area (Å²) in [4.78, 5) is 32.3. The second kappa shape index (κ2) is 9.56. The zero-order valence-electron chi connectivity index (χ0n) is 17.6. The maximum atomic E-state index is 13.7.